The van der Waals surface area contributed by atoms with Crippen molar-refractivity contribution in [2.24, 2.45) is 0 Å². The molecule has 0 bridgehead atoms. The predicted octanol–water partition coefficient (Wildman–Crippen LogP) is 4.07. The molecule has 23 heavy (non-hydrogen) atoms. The number of ether oxygens (including phenoxy) is 2. The Bertz CT molecular complexity index is 752. The Morgan fingerprint density at radius 1 is 1.35 bits per heavy atom. The average molecular weight is 355 g/mol. The number of aromatic nitrogens is 1. The molecule has 1 aromatic heterocycles. The van der Waals surface area contributed by atoms with Crippen LogP contribution in [0.2, 0.25) is 10.0 Å². The van der Waals surface area contributed by atoms with E-state index < -0.39 is 0 Å². The highest BCUT2D eigenvalue weighted by atomic mass is 35.5. The molecule has 1 aliphatic rings. The summed E-state index contributed by atoms with van der Waals surface area (Å²) in [6, 6.07) is 5.46. The van der Waals surface area contributed by atoms with Gasteiger partial charge < -0.3 is 14.4 Å². The molecule has 1 amide bonds. The summed E-state index contributed by atoms with van der Waals surface area (Å²) >= 11 is 12.5. The van der Waals surface area contributed by atoms with E-state index in [9.17, 15) is 4.79 Å². The lowest BCUT2D eigenvalue weighted by Crippen LogP contribution is -2.26. The van der Waals surface area contributed by atoms with Crippen LogP contribution in [0.25, 0.3) is 10.9 Å². The van der Waals surface area contributed by atoms with Gasteiger partial charge in [0.05, 0.1) is 23.2 Å². The summed E-state index contributed by atoms with van der Waals surface area (Å²) in [6.07, 6.45) is 0.415. The van der Waals surface area contributed by atoms with Crippen molar-refractivity contribution in [3.05, 3.63) is 33.9 Å². The molecular formula is C16H16Cl2N2O3. The number of carbonyl (C=O) groups is 1. The highest BCUT2D eigenvalue weighted by Gasteiger charge is 2.21. The first-order chi connectivity index (χ1) is 11.1. The maximum atomic E-state index is 11.4. The molecule has 7 heteroatoms. The third kappa shape index (κ3) is 3.46. The van der Waals surface area contributed by atoms with Gasteiger partial charge in [0.2, 0.25) is 0 Å². The summed E-state index contributed by atoms with van der Waals surface area (Å²) < 4.78 is 10.7. The van der Waals surface area contributed by atoms with Crippen LogP contribution in [0.4, 0.5) is 4.79 Å². The molecule has 1 fully saturated rings. The topological polar surface area (TPSA) is 51.7 Å². The Balaban J connectivity index is 1.72. The van der Waals surface area contributed by atoms with Crippen LogP contribution in [0, 0.1) is 6.92 Å². The Morgan fingerprint density at radius 3 is 2.91 bits per heavy atom. The molecule has 0 aliphatic carbocycles. The highest BCUT2D eigenvalue weighted by Crippen LogP contribution is 2.37. The number of cyclic esters (lactones) is 1. The molecule has 0 atom stereocenters. The van der Waals surface area contributed by atoms with E-state index in [4.69, 9.17) is 32.7 Å². The van der Waals surface area contributed by atoms with Gasteiger partial charge in [-0.15, -0.1) is 0 Å². The number of fused-ring (bicyclic) bond motifs is 1. The van der Waals surface area contributed by atoms with Crippen LogP contribution in [-0.2, 0) is 4.74 Å². The standard InChI is InChI=1S/C16H16Cl2N2O3/c1-10-3-4-11-12(17)9-13(18)15(14(11)19-10)22-7-2-5-20-6-8-23-16(20)21/h3-4,9H,2,5-8H2,1H3. The fraction of sp³-hybridized carbons (Fsp3) is 0.375. The zero-order valence-electron chi connectivity index (χ0n) is 12.6. The Hall–Kier alpha value is -1.72. The normalized spacial score (nSPS) is 14.4. The molecule has 1 aromatic carbocycles. The molecule has 1 aliphatic heterocycles. The summed E-state index contributed by atoms with van der Waals surface area (Å²) in [4.78, 5) is 17.5. The largest absolute Gasteiger partial charge is 0.490 e. The van der Waals surface area contributed by atoms with Crippen LogP contribution in [0.1, 0.15) is 12.1 Å². The molecule has 5 nitrogen and oxygen atoms in total. The van der Waals surface area contributed by atoms with Crippen molar-refractivity contribution in [3.8, 4) is 5.75 Å². The number of carbonyl (C=O) groups excluding carboxylic acids is 1. The van der Waals surface area contributed by atoms with Crippen molar-refractivity contribution in [2.75, 3.05) is 26.3 Å². The summed E-state index contributed by atoms with van der Waals surface area (Å²) in [6.45, 7) is 4.00. The lowest BCUT2D eigenvalue weighted by atomic mass is 10.2. The third-order valence-electron chi connectivity index (χ3n) is 3.64. The molecule has 122 valence electrons. The van der Waals surface area contributed by atoms with Gasteiger partial charge in [-0.3, -0.25) is 0 Å². The minimum atomic E-state index is -0.266. The van der Waals surface area contributed by atoms with Crippen LogP contribution in [-0.4, -0.2) is 42.3 Å². The molecule has 0 unspecified atom stereocenters. The lowest BCUT2D eigenvalue weighted by Gasteiger charge is -2.14. The second-order valence-electron chi connectivity index (χ2n) is 5.32. The van der Waals surface area contributed by atoms with E-state index in [-0.39, 0.29) is 6.09 Å². The third-order valence-corrected chi connectivity index (χ3v) is 4.23. The van der Waals surface area contributed by atoms with E-state index in [0.29, 0.717) is 54.0 Å². The van der Waals surface area contributed by atoms with Gasteiger partial charge in [0.15, 0.2) is 5.75 Å². The van der Waals surface area contributed by atoms with Crippen LogP contribution in [0.3, 0.4) is 0 Å². The summed E-state index contributed by atoms with van der Waals surface area (Å²) in [5.74, 6) is 0.527. The molecule has 0 spiro atoms. The molecule has 0 radical (unpaired) electrons. The van der Waals surface area contributed by atoms with Gasteiger partial charge in [-0.1, -0.05) is 23.2 Å². The number of amides is 1. The van der Waals surface area contributed by atoms with Crippen molar-refractivity contribution in [3.63, 3.8) is 0 Å². The zero-order valence-corrected chi connectivity index (χ0v) is 14.2. The van der Waals surface area contributed by atoms with E-state index in [1.54, 1.807) is 11.0 Å². The second-order valence-corrected chi connectivity index (χ2v) is 6.14. The molecule has 1 saturated heterocycles. The summed E-state index contributed by atoms with van der Waals surface area (Å²) in [5, 5.41) is 1.78. The van der Waals surface area contributed by atoms with Crippen LogP contribution < -0.4 is 4.74 Å². The van der Waals surface area contributed by atoms with Gasteiger partial charge >= 0.3 is 6.09 Å². The van der Waals surface area contributed by atoms with Crippen molar-refractivity contribution >= 4 is 40.2 Å². The first-order valence-corrected chi connectivity index (χ1v) is 8.11. The van der Waals surface area contributed by atoms with E-state index in [2.05, 4.69) is 4.98 Å². The van der Waals surface area contributed by atoms with Gasteiger partial charge in [0, 0.05) is 17.6 Å². The predicted molar refractivity (Wildman–Crippen MR) is 89.5 cm³/mol. The van der Waals surface area contributed by atoms with Gasteiger partial charge in [0.25, 0.3) is 0 Å². The first kappa shape index (κ1) is 16.1. The summed E-state index contributed by atoms with van der Waals surface area (Å²) in [5.41, 5.74) is 1.52. The number of hydrogen-bond donors (Lipinski definition) is 0. The van der Waals surface area contributed by atoms with E-state index in [1.165, 1.54) is 0 Å². The van der Waals surface area contributed by atoms with Crippen molar-refractivity contribution in [1.29, 1.82) is 0 Å². The van der Waals surface area contributed by atoms with Gasteiger partial charge in [0.1, 0.15) is 12.1 Å². The molecular weight excluding hydrogens is 339 g/mol. The fourth-order valence-corrected chi connectivity index (χ4v) is 3.06. The summed E-state index contributed by atoms with van der Waals surface area (Å²) in [7, 11) is 0. The lowest BCUT2D eigenvalue weighted by molar-refractivity contribution is 0.156. The van der Waals surface area contributed by atoms with Crippen molar-refractivity contribution < 1.29 is 14.3 Å². The van der Waals surface area contributed by atoms with Gasteiger partial charge in [-0.25, -0.2) is 9.78 Å². The maximum Gasteiger partial charge on any atom is 0.409 e. The Labute approximate surface area is 144 Å². The number of hydrogen-bond acceptors (Lipinski definition) is 4. The fourth-order valence-electron chi connectivity index (χ4n) is 2.49. The van der Waals surface area contributed by atoms with Crippen LogP contribution in [0.15, 0.2) is 18.2 Å². The number of benzene rings is 1. The Morgan fingerprint density at radius 2 is 2.17 bits per heavy atom. The Kier molecular flexibility index (Phi) is 4.78. The minimum absolute atomic E-state index is 0.266. The number of rotatable bonds is 5. The molecule has 3 rings (SSSR count). The van der Waals surface area contributed by atoms with Crippen LogP contribution in [0.5, 0.6) is 5.75 Å². The van der Waals surface area contributed by atoms with E-state index in [1.807, 2.05) is 19.1 Å². The van der Waals surface area contributed by atoms with E-state index >= 15 is 0 Å². The smallest absolute Gasteiger partial charge is 0.409 e. The van der Waals surface area contributed by atoms with Gasteiger partial charge in [-0.05, 0) is 31.5 Å². The molecule has 2 aromatic rings. The number of halogens is 2. The highest BCUT2D eigenvalue weighted by molar-refractivity contribution is 6.39. The number of aryl methyl sites for hydroxylation is 1. The quantitative estimate of drug-likeness (QED) is 0.759. The average Bonchev–Trinajstić information content (AvgIpc) is 2.91. The molecule has 0 N–H and O–H groups in total. The SMILES string of the molecule is Cc1ccc2c(Cl)cc(Cl)c(OCCCN3CCOC3=O)c2n1. The van der Waals surface area contributed by atoms with E-state index in [0.717, 1.165) is 11.1 Å². The van der Waals surface area contributed by atoms with Crippen LogP contribution >= 0.6 is 23.2 Å². The first-order valence-electron chi connectivity index (χ1n) is 7.36. The molecule has 2 heterocycles. The maximum absolute atomic E-state index is 11.4. The zero-order chi connectivity index (χ0) is 16.4. The number of nitrogens with zero attached hydrogens (tertiary/aromatic N) is 2. The minimum Gasteiger partial charge on any atom is -0.490 e. The van der Waals surface area contributed by atoms with Crippen molar-refractivity contribution in [2.45, 2.75) is 13.3 Å². The van der Waals surface area contributed by atoms with Crippen molar-refractivity contribution in [1.82, 2.24) is 9.88 Å². The second kappa shape index (κ2) is 6.81. The molecule has 0 saturated carbocycles. The van der Waals surface area contributed by atoms with Gasteiger partial charge in [-0.2, -0.15) is 0 Å². The number of pyridine rings is 1. The monoisotopic (exact) mass is 354 g/mol.